The molecule has 1 nitrogen and oxygen atoms in total. The van der Waals surface area contributed by atoms with Crippen molar-refractivity contribution in [3.8, 4) is 0 Å². The van der Waals surface area contributed by atoms with Crippen molar-refractivity contribution in [2.45, 2.75) is 27.2 Å². The zero-order valence-corrected chi connectivity index (χ0v) is 11.1. The molecule has 0 spiro atoms. The molecule has 0 aliphatic carbocycles. The highest BCUT2D eigenvalue weighted by molar-refractivity contribution is 9.10. The van der Waals surface area contributed by atoms with Gasteiger partial charge in [-0.2, -0.15) is 0 Å². The number of rotatable bonds is 4. The lowest BCUT2D eigenvalue weighted by atomic mass is 9.92. The summed E-state index contributed by atoms with van der Waals surface area (Å²) >= 11 is 5.03. The molecule has 0 saturated heterocycles. The average molecular weight is 275 g/mol. The van der Waals surface area contributed by atoms with Crippen molar-refractivity contribution in [1.29, 1.82) is 0 Å². The van der Waals surface area contributed by atoms with E-state index in [-0.39, 0.29) is 5.92 Å². The summed E-state index contributed by atoms with van der Waals surface area (Å²) in [7, 11) is 0. The number of halogens is 1. The summed E-state index contributed by atoms with van der Waals surface area (Å²) in [6.45, 7) is 6.19. The summed E-state index contributed by atoms with van der Waals surface area (Å²) in [6.07, 6.45) is 0.579. The lowest BCUT2D eigenvalue weighted by Crippen LogP contribution is -2.18. The molecule has 1 aromatic rings. The Balaban J connectivity index is 2.57. The van der Waals surface area contributed by atoms with E-state index in [0.717, 1.165) is 9.35 Å². The predicted octanol–water partition coefficient (Wildman–Crippen LogP) is 3.91. The second kappa shape index (κ2) is 5.08. The van der Waals surface area contributed by atoms with Crippen molar-refractivity contribution in [1.82, 2.24) is 0 Å². The van der Waals surface area contributed by atoms with Gasteiger partial charge in [0, 0.05) is 27.1 Å². The zero-order chi connectivity index (χ0) is 10.7. The number of hydrogen-bond acceptors (Lipinski definition) is 2. The molecular formula is C11H15BrOS. The fraction of sp³-hybridized carbons (Fsp3) is 0.545. The van der Waals surface area contributed by atoms with Crippen molar-refractivity contribution >= 4 is 33.0 Å². The van der Waals surface area contributed by atoms with Crippen LogP contribution < -0.4 is 0 Å². The van der Waals surface area contributed by atoms with E-state index < -0.39 is 0 Å². The van der Waals surface area contributed by atoms with Crippen LogP contribution in [0.15, 0.2) is 15.9 Å². The minimum atomic E-state index is 0.163. The lowest BCUT2D eigenvalue weighted by Gasteiger charge is -2.12. The highest BCUT2D eigenvalue weighted by atomic mass is 79.9. The number of carbonyl (C=O) groups excluding carboxylic acids is 1. The van der Waals surface area contributed by atoms with Gasteiger partial charge in [0.05, 0.1) is 0 Å². The standard InChI is InChI=1S/C11H15BrOS/c1-7(2)8(3)11(13)5-10-4-9(12)6-14-10/h4,6-8H,5H2,1-3H3. The molecule has 1 unspecified atom stereocenters. The minimum absolute atomic E-state index is 0.163. The van der Waals surface area contributed by atoms with Crippen molar-refractivity contribution in [3.05, 3.63) is 20.8 Å². The summed E-state index contributed by atoms with van der Waals surface area (Å²) in [5.74, 6) is 0.941. The molecule has 3 heteroatoms. The van der Waals surface area contributed by atoms with Gasteiger partial charge in [0.25, 0.3) is 0 Å². The van der Waals surface area contributed by atoms with Crippen LogP contribution in [0.3, 0.4) is 0 Å². The molecule has 0 fully saturated rings. The second-order valence-corrected chi connectivity index (χ2v) is 5.82. The summed E-state index contributed by atoms with van der Waals surface area (Å²) in [5.41, 5.74) is 0. The maximum Gasteiger partial charge on any atom is 0.141 e. The monoisotopic (exact) mass is 274 g/mol. The van der Waals surface area contributed by atoms with E-state index in [1.165, 1.54) is 0 Å². The van der Waals surface area contributed by atoms with E-state index in [2.05, 4.69) is 29.8 Å². The topological polar surface area (TPSA) is 17.1 Å². The number of Topliss-reactive ketones (excluding diaryl/α,β-unsaturated/α-hetero) is 1. The summed E-state index contributed by atoms with van der Waals surface area (Å²) in [6, 6.07) is 2.02. The predicted molar refractivity (Wildman–Crippen MR) is 64.7 cm³/mol. The fourth-order valence-corrected chi connectivity index (χ4v) is 2.61. The van der Waals surface area contributed by atoms with Gasteiger partial charge in [0.15, 0.2) is 0 Å². The summed E-state index contributed by atoms with van der Waals surface area (Å²) < 4.78 is 1.07. The van der Waals surface area contributed by atoms with E-state index >= 15 is 0 Å². The molecule has 0 aliphatic heterocycles. The molecule has 0 amide bonds. The first-order valence-corrected chi connectivity index (χ1v) is 6.43. The molecule has 1 heterocycles. The molecule has 0 radical (unpaired) electrons. The number of thiophene rings is 1. The molecule has 0 N–H and O–H groups in total. The van der Waals surface area contributed by atoms with E-state index in [0.29, 0.717) is 18.1 Å². The minimum Gasteiger partial charge on any atom is -0.299 e. The Morgan fingerprint density at radius 2 is 2.14 bits per heavy atom. The Hall–Kier alpha value is -0.150. The van der Waals surface area contributed by atoms with Gasteiger partial charge in [-0.15, -0.1) is 11.3 Å². The van der Waals surface area contributed by atoms with E-state index in [4.69, 9.17) is 0 Å². The SMILES string of the molecule is CC(C)C(C)C(=O)Cc1cc(Br)cs1. The molecule has 0 aliphatic rings. The number of carbonyl (C=O) groups is 1. The van der Waals surface area contributed by atoms with Crippen LogP contribution in [0.1, 0.15) is 25.6 Å². The summed E-state index contributed by atoms with van der Waals surface area (Å²) in [4.78, 5) is 12.9. The third kappa shape index (κ3) is 3.21. The van der Waals surface area contributed by atoms with Crippen molar-refractivity contribution < 1.29 is 4.79 Å². The maximum atomic E-state index is 11.8. The highest BCUT2D eigenvalue weighted by Crippen LogP contribution is 2.22. The van der Waals surface area contributed by atoms with Crippen LogP contribution in [0.5, 0.6) is 0 Å². The molecule has 78 valence electrons. The normalized spacial score (nSPS) is 13.2. The van der Waals surface area contributed by atoms with Crippen molar-refractivity contribution in [2.75, 3.05) is 0 Å². The van der Waals surface area contributed by atoms with E-state index in [1.807, 2.05) is 18.4 Å². The van der Waals surface area contributed by atoms with Gasteiger partial charge >= 0.3 is 0 Å². The number of hydrogen-bond donors (Lipinski definition) is 0. The smallest absolute Gasteiger partial charge is 0.141 e. The Bertz CT molecular complexity index is 317. The van der Waals surface area contributed by atoms with E-state index in [1.54, 1.807) is 11.3 Å². The highest BCUT2D eigenvalue weighted by Gasteiger charge is 2.17. The van der Waals surface area contributed by atoms with Crippen LogP contribution in [0.2, 0.25) is 0 Å². The maximum absolute atomic E-state index is 11.8. The Kier molecular flexibility index (Phi) is 4.32. The van der Waals surface area contributed by atoms with Crippen LogP contribution in [-0.2, 0) is 11.2 Å². The summed E-state index contributed by atoms with van der Waals surface area (Å²) in [5, 5.41) is 2.02. The van der Waals surface area contributed by atoms with E-state index in [9.17, 15) is 4.79 Å². The van der Waals surface area contributed by atoms with Gasteiger partial charge in [-0.3, -0.25) is 4.79 Å². The van der Waals surface area contributed by atoms with Crippen molar-refractivity contribution in [2.24, 2.45) is 11.8 Å². The third-order valence-corrected chi connectivity index (χ3v) is 4.18. The van der Waals surface area contributed by atoms with Gasteiger partial charge < -0.3 is 0 Å². The molecule has 1 atom stereocenters. The second-order valence-electron chi connectivity index (χ2n) is 3.91. The van der Waals surface area contributed by atoms with Gasteiger partial charge in [0.2, 0.25) is 0 Å². The van der Waals surface area contributed by atoms with Gasteiger partial charge in [0.1, 0.15) is 5.78 Å². The first-order valence-electron chi connectivity index (χ1n) is 4.76. The van der Waals surface area contributed by atoms with Crippen LogP contribution in [0.25, 0.3) is 0 Å². The Labute approximate surface area is 97.7 Å². The first-order chi connectivity index (χ1) is 6.50. The van der Waals surface area contributed by atoms with Crippen molar-refractivity contribution in [3.63, 3.8) is 0 Å². The van der Waals surface area contributed by atoms with Crippen LogP contribution in [0, 0.1) is 11.8 Å². The molecule has 1 rings (SSSR count). The average Bonchev–Trinajstić information content (AvgIpc) is 2.49. The number of ketones is 1. The first kappa shape index (κ1) is 11.9. The van der Waals surface area contributed by atoms with Crippen LogP contribution in [-0.4, -0.2) is 5.78 Å². The third-order valence-electron chi connectivity index (χ3n) is 2.48. The van der Waals surface area contributed by atoms with Gasteiger partial charge in [-0.05, 0) is 27.9 Å². The molecule has 0 bridgehead atoms. The van der Waals surface area contributed by atoms with Crippen LogP contribution >= 0.6 is 27.3 Å². The lowest BCUT2D eigenvalue weighted by molar-refractivity contribution is -0.122. The van der Waals surface area contributed by atoms with Gasteiger partial charge in [-0.1, -0.05) is 20.8 Å². The zero-order valence-electron chi connectivity index (χ0n) is 8.71. The van der Waals surface area contributed by atoms with Crippen LogP contribution in [0.4, 0.5) is 0 Å². The Morgan fingerprint density at radius 1 is 1.50 bits per heavy atom. The quantitative estimate of drug-likeness (QED) is 0.814. The molecular weight excluding hydrogens is 260 g/mol. The fourth-order valence-electron chi connectivity index (χ4n) is 1.15. The molecule has 0 saturated carbocycles. The Morgan fingerprint density at radius 3 is 2.57 bits per heavy atom. The molecule has 1 aromatic heterocycles. The largest absolute Gasteiger partial charge is 0.299 e. The molecule has 0 aromatic carbocycles. The van der Waals surface area contributed by atoms with Gasteiger partial charge in [-0.25, -0.2) is 0 Å². The molecule has 14 heavy (non-hydrogen) atoms.